The zero-order valence-electron chi connectivity index (χ0n) is 22.0. The van der Waals surface area contributed by atoms with Crippen LogP contribution in [0.4, 0.5) is 5.69 Å². The number of amides is 2. The first kappa shape index (κ1) is 26.4. The van der Waals surface area contributed by atoms with E-state index in [-0.39, 0.29) is 35.7 Å². The maximum atomic E-state index is 13.8. The highest BCUT2D eigenvalue weighted by molar-refractivity contribution is 7.80. The monoisotopic (exact) mass is 546 g/mol. The smallest absolute Gasteiger partial charge is 0.325 e. The number of hydrogen-bond acceptors (Lipinski definition) is 6. The van der Waals surface area contributed by atoms with E-state index in [1.807, 2.05) is 46.9 Å². The molecule has 2 fully saturated rings. The first-order valence-corrected chi connectivity index (χ1v) is 13.3. The van der Waals surface area contributed by atoms with E-state index in [4.69, 9.17) is 21.7 Å². The van der Waals surface area contributed by atoms with Crippen molar-refractivity contribution in [3.63, 3.8) is 0 Å². The van der Waals surface area contributed by atoms with Crippen molar-refractivity contribution in [2.24, 2.45) is 0 Å². The average Bonchev–Trinajstić information content (AvgIpc) is 3.65. The van der Waals surface area contributed by atoms with Crippen LogP contribution in [-0.2, 0) is 25.7 Å². The molecule has 0 saturated carbocycles. The Morgan fingerprint density at radius 3 is 2.44 bits per heavy atom. The fourth-order valence-electron chi connectivity index (χ4n) is 4.99. The summed E-state index contributed by atoms with van der Waals surface area (Å²) in [6, 6.07) is 14.8. The van der Waals surface area contributed by atoms with Gasteiger partial charge in [-0.05, 0) is 68.4 Å². The van der Waals surface area contributed by atoms with Crippen LogP contribution in [0.1, 0.15) is 25.3 Å². The predicted octanol–water partition coefficient (Wildman–Crippen LogP) is 3.81. The summed E-state index contributed by atoms with van der Waals surface area (Å²) in [5.74, 6) is -0.141. The van der Waals surface area contributed by atoms with Gasteiger partial charge < -0.3 is 23.8 Å². The van der Waals surface area contributed by atoms with E-state index in [1.165, 1.54) is 16.9 Å². The number of para-hydroxylation sites is 1. The minimum atomic E-state index is -0.525. The molecule has 0 N–H and O–H groups in total. The van der Waals surface area contributed by atoms with Crippen LogP contribution in [0.15, 0.2) is 60.4 Å². The van der Waals surface area contributed by atoms with Crippen LogP contribution in [0.5, 0.6) is 5.75 Å². The molecule has 0 bridgehead atoms. The third-order valence-corrected chi connectivity index (χ3v) is 7.33. The van der Waals surface area contributed by atoms with Gasteiger partial charge in [-0.3, -0.25) is 19.3 Å². The number of rotatable bonds is 8. The molecule has 3 heterocycles. The maximum absolute atomic E-state index is 13.8. The fourth-order valence-corrected chi connectivity index (χ4v) is 5.34. The number of fused-ring (bicyclic) bond motifs is 1. The first-order valence-electron chi connectivity index (χ1n) is 12.9. The molecule has 2 aliphatic rings. The second-order valence-corrected chi connectivity index (χ2v) is 9.72. The quantitative estimate of drug-likeness (QED) is 0.241. The van der Waals surface area contributed by atoms with Crippen LogP contribution in [0.25, 0.3) is 17.0 Å². The van der Waals surface area contributed by atoms with Crippen LogP contribution >= 0.6 is 12.2 Å². The largest absolute Gasteiger partial charge is 0.494 e. The van der Waals surface area contributed by atoms with E-state index < -0.39 is 5.97 Å². The highest BCUT2D eigenvalue weighted by Crippen LogP contribution is 2.32. The molecule has 2 amide bonds. The van der Waals surface area contributed by atoms with Gasteiger partial charge in [0.1, 0.15) is 24.5 Å². The van der Waals surface area contributed by atoms with Crippen molar-refractivity contribution >= 4 is 57.8 Å². The molecule has 1 aromatic heterocycles. The highest BCUT2D eigenvalue weighted by Gasteiger charge is 2.40. The van der Waals surface area contributed by atoms with Crippen LogP contribution in [0, 0.1) is 0 Å². The Labute approximate surface area is 232 Å². The van der Waals surface area contributed by atoms with Gasteiger partial charge in [0.05, 0.1) is 19.4 Å². The first-order chi connectivity index (χ1) is 18.9. The zero-order chi connectivity index (χ0) is 27.5. The van der Waals surface area contributed by atoms with Crippen molar-refractivity contribution in [2.75, 3.05) is 38.3 Å². The number of esters is 1. The molecule has 2 aromatic carbocycles. The van der Waals surface area contributed by atoms with Gasteiger partial charge in [-0.1, -0.05) is 18.2 Å². The number of ether oxygens (including phenoxy) is 2. The standard InChI is InChI=1S/C29H30N4O5S/c1-3-38-22-12-10-21(11-13-22)33-28(36)25(32(29(33)39)19-27(35)37-2)16-20-17-31(24-9-5-4-8-23(20)24)18-26(34)30-14-6-7-15-30/h4-5,8-13,16-17H,3,6-7,14-15,18-19H2,1-2H3/b25-16-. The SMILES string of the molecule is CCOc1ccc(N2C(=O)/C(=C/c3cn(CC(=O)N4CCCC4)c4ccccc34)N(CC(=O)OC)C2=S)cc1. The second-order valence-electron chi connectivity index (χ2n) is 9.36. The lowest BCUT2D eigenvalue weighted by Crippen LogP contribution is -2.35. The lowest BCUT2D eigenvalue weighted by Gasteiger charge is -2.19. The summed E-state index contributed by atoms with van der Waals surface area (Å²) < 4.78 is 12.3. The number of likely N-dealkylation sites (tertiary alicyclic amines) is 1. The number of hydrogen-bond donors (Lipinski definition) is 0. The van der Waals surface area contributed by atoms with Crippen LogP contribution in [0.3, 0.4) is 0 Å². The molecular formula is C29H30N4O5S. The topological polar surface area (TPSA) is 84.3 Å². The molecule has 3 aromatic rings. The number of thiocarbonyl (C=S) groups is 1. The molecule has 0 radical (unpaired) electrons. The molecule has 0 unspecified atom stereocenters. The van der Waals surface area contributed by atoms with Crippen LogP contribution in [0.2, 0.25) is 0 Å². The normalized spacial score (nSPS) is 16.6. The molecule has 9 nitrogen and oxygen atoms in total. The van der Waals surface area contributed by atoms with Gasteiger partial charge in [0.2, 0.25) is 5.91 Å². The van der Waals surface area contributed by atoms with E-state index >= 15 is 0 Å². The molecule has 10 heteroatoms. The van der Waals surface area contributed by atoms with Crippen LogP contribution < -0.4 is 9.64 Å². The van der Waals surface area contributed by atoms with Gasteiger partial charge in [-0.25, -0.2) is 0 Å². The van der Waals surface area contributed by atoms with Crippen molar-refractivity contribution in [2.45, 2.75) is 26.3 Å². The third kappa shape index (κ3) is 5.24. The number of aromatic nitrogens is 1. The van der Waals surface area contributed by atoms with Crippen molar-refractivity contribution < 1.29 is 23.9 Å². The molecule has 202 valence electrons. The minimum absolute atomic E-state index is 0.0690. The van der Waals surface area contributed by atoms with Gasteiger partial charge >= 0.3 is 5.97 Å². The fraction of sp³-hybridized carbons (Fsp3) is 0.310. The summed E-state index contributed by atoms with van der Waals surface area (Å²) in [4.78, 5) is 43.8. The Kier molecular flexibility index (Phi) is 7.65. The number of carbonyl (C=O) groups excluding carboxylic acids is 3. The van der Waals surface area contributed by atoms with Crippen molar-refractivity contribution in [3.8, 4) is 5.75 Å². The average molecular weight is 547 g/mol. The predicted molar refractivity (Wildman–Crippen MR) is 152 cm³/mol. The Balaban J connectivity index is 1.53. The molecule has 0 atom stereocenters. The third-order valence-electron chi connectivity index (χ3n) is 6.93. The maximum Gasteiger partial charge on any atom is 0.325 e. The van der Waals surface area contributed by atoms with Crippen molar-refractivity contribution in [1.82, 2.24) is 14.4 Å². The number of benzene rings is 2. The molecule has 2 saturated heterocycles. The van der Waals surface area contributed by atoms with Crippen molar-refractivity contribution in [3.05, 3.63) is 66.0 Å². The van der Waals surface area contributed by atoms with Crippen LogP contribution in [-0.4, -0.2) is 70.6 Å². The molecular weight excluding hydrogens is 516 g/mol. The number of carbonyl (C=O) groups is 3. The van der Waals surface area contributed by atoms with Gasteiger partial charge in [-0.15, -0.1) is 0 Å². The Morgan fingerprint density at radius 1 is 1.03 bits per heavy atom. The van der Waals surface area contributed by atoms with E-state index in [1.54, 1.807) is 30.3 Å². The second kappa shape index (κ2) is 11.3. The summed E-state index contributed by atoms with van der Waals surface area (Å²) >= 11 is 5.68. The number of anilines is 1. The molecule has 2 aliphatic heterocycles. The van der Waals surface area contributed by atoms with E-state index in [0.29, 0.717) is 18.0 Å². The van der Waals surface area contributed by atoms with Gasteiger partial charge in [0, 0.05) is 35.8 Å². The molecule has 0 aliphatic carbocycles. The summed E-state index contributed by atoms with van der Waals surface area (Å²) in [6.07, 6.45) is 5.65. The minimum Gasteiger partial charge on any atom is -0.494 e. The number of nitrogens with zero attached hydrogens (tertiary/aromatic N) is 4. The van der Waals surface area contributed by atoms with E-state index in [9.17, 15) is 14.4 Å². The van der Waals surface area contributed by atoms with Crippen molar-refractivity contribution in [1.29, 1.82) is 0 Å². The molecule has 5 rings (SSSR count). The highest BCUT2D eigenvalue weighted by atomic mass is 32.1. The van der Waals surface area contributed by atoms with E-state index in [0.717, 1.165) is 42.4 Å². The summed E-state index contributed by atoms with van der Waals surface area (Å²) in [7, 11) is 1.29. The molecule has 0 spiro atoms. The summed E-state index contributed by atoms with van der Waals surface area (Å²) in [5.41, 5.74) is 2.43. The summed E-state index contributed by atoms with van der Waals surface area (Å²) in [6.45, 7) is 3.98. The molecule has 39 heavy (non-hydrogen) atoms. The van der Waals surface area contributed by atoms with Gasteiger partial charge in [-0.2, -0.15) is 0 Å². The Bertz CT molecular complexity index is 1460. The lowest BCUT2D eigenvalue weighted by atomic mass is 10.1. The zero-order valence-corrected chi connectivity index (χ0v) is 22.8. The van der Waals surface area contributed by atoms with E-state index in [2.05, 4.69) is 0 Å². The Hall–Kier alpha value is -4.18. The number of methoxy groups -OCH3 is 1. The van der Waals surface area contributed by atoms with Gasteiger partial charge in [0.25, 0.3) is 5.91 Å². The van der Waals surface area contributed by atoms with Gasteiger partial charge in [0.15, 0.2) is 5.11 Å². The Morgan fingerprint density at radius 2 is 1.74 bits per heavy atom. The lowest BCUT2D eigenvalue weighted by molar-refractivity contribution is -0.140. The summed E-state index contributed by atoms with van der Waals surface area (Å²) in [5, 5.41) is 1.06.